The van der Waals surface area contributed by atoms with Crippen LogP contribution in [0.3, 0.4) is 0 Å². The van der Waals surface area contributed by atoms with Gasteiger partial charge in [-0.25, -0.2) is 13.4 Å². The van der Waals surface area contributed by atoms with Crippen molar-refractivity contribution in [1.82, 2.24) is 5.43 Å². The fourth-order valence-electron chi connectivity index (χ4n) is 2.20. The zero-order valence-corrected chi connectivity index (χ0v) is 15.5. The fourth-order valence-corrected chi connectivity index (χ4v) is 3.55. The van der Waals surface area contributed by atoms with Gasteiger partial charge in [-0.1, -0.05) is 41.6 Å². The van der Waals surface area contributed by atoms with Gasteiger partial charge in [0, 0.05) is 11.4 Å². The lowest BCUT2D eigenvalue weighted by molar-refractivity contribution is 0.607. The molecule has 0 bridgehead atoms. The number of sulfonamides is 1. The van der Waals surface area contributed by atoms with E-state index in [2.05, 4.69) is 20.2 Å². The van der Waals surface area contributed by atoms with E-state index in [-0.39, 0.29) is 0 Å². The molecule has 0 saturated heterocycles. The number of benzene rings is 2. The number of amidine groups is 1. The van der Waals surface area contributed by atoms with Crippen LogP contribution in [0.1, 0.15) is 11.1 Å². The number of hydrogen-bond acceptors (Lipinski definition) is 5. The molecule has 1 aliphatic heterocycles. The Morgan fingerprint density at radius 3 is 2.36 bits per heavy atom. The second-order valence-electron chi connectivity index (χ2n) is 5.66. The highest BCUT2D eigenvalue weighted by atomic mass is 32.2. The van der Waals surface area contributed by atoms with Gasteiger partial charge in [-0.3, -0.25) is 10.1 Å². The van der Waals surface area contributed by atoms with E-state index >= 15 is 0 Å². The van der Waals surface area contributed by atoms with Crippen molar-refractivity contribution >= 4 is 44.0 Å². The van der Waals surface area contributed by atoms with E-state index in [0.717, 1.165) is 28.4 Å². The van der Waals surface area contributed by atoms with E-state index in [9.17, 15) is 8.42 Å². The number of rotatable bonds is 4. The number of nitrogens with zero attached hydrogens (tertiary/aromatic N) is 2. The summed E-state index contributed by atoms with van der Waals surface area (Å²) < 4.78 is 24.9. The van der Waals surface area contributed by atoms with Crippen LogP contribution in [0.25, 0.3) is 0 Å². The molecule has 0 aromatic heterocycles. The molecule has 2 aromatic rings. The number of hydrazone groups is 1. The Labute approximate surface area is 151 Å². The molecule has 25 heavy (non-hydrogen) atoms. The largest absolute Gasteiger partial charge is 0.284 e. The van der Waals surface area contributed by atoms with Gasteiger partial charge in [0.25, 0.3) is 0 Å². The Morgan fingerprint density at radius 2 is 1.80 bits per heavy atom. The number of nitrogens with one attached hydrogen (secondary N) is 2. The summed E-state index contributed by atoms with van der Waals surface area (Å²) in [7, 11) is -3.27. The standard InChI is InChI=1S/C17H18N4O2S2/c1-12-3-7-14(8-4-12)18-17-20-19-16(11-24-17)13-5-9-15(10-6-13)21-25(2,22)23/h3-10,21H,11H2,1-2H3,(H,18,20). The molecule has 1 aliphatic rings. The van der Waals surface area contributed by atoms with Gasteiger partial charge in [-0.05, 0) is 36.8 Å². The van der Waals surface area contributed by atoms with E-state index in [0.29, 0.717) is 11.4 Å². The van der Waals surface area contributed by atoms with Gasteiger partial charge >= 0.3 is 0 Å². The van der Waals surface area contributed by atoms with Crippen LogP contribution in [0, 0.1) is 6.92 Å². The van der Waals surface area contributed by atoms with E-state index in [1.807, 2.05) is 43.3 Å². The quantitative estimate of drug-likeness (QED) is 0.861. The van der Waals surface area contributed by atoms with E-state index in [1.165, 1.54) is 5.56 Å². The Morgan fingerprint density at radius 1 is 1.12 bits per heavy atom. The first-order valence-corrected chi connectivity index (χ1v) is 10.5. The molecule has 0 radical (unpaired) electrons. The lowest BCUT2D eigenvalue weighted by Crippen LogP contribution is -2.25. The molecule has 1 heterocycles. The van der Waals surface area contributed by atoms with Gasteiger partial charge in [-0.2, -0.15) is 5.10 Å². The third-order valence-electron chi connectivity index (χ3n) is 3.42. The summed E-state index contributed by atoms with van der Waals surface area (Å²) in [6.07, 6.45) is 1.13. The van der Waals surface area contributed by atoms with Crippen LogP contribution < -0.4 is 10.1 Å². The van der Waals surface area contributed by atoms with Crippen molar-refractivity contribution in [1.29, 1.82) is 0 Å². The lowest BCUT2D eigenvalue weighted by atomic mass is 10.1. The molecule has 6 nitrogen and oxygen atoms in total. The molecule has 0 aliphatic carbocycles. The van der Waals surface area contributed by atoms with Gasteiger partial charge in [0.15, 0.2) is 5.17 Å². The Hall–Kier alpha value is -2.32. The molecule has 3 rings (SSSR count). The lowest BCUT2D eigenvalue weighted by Gasteiger charge is -2.15. The second-order valence-corrected chi connectivity index (χ2v) is 8.38. The monoisotopic (exact) mass is 374 g/mol. The maximum atomic E-state index is 11.2. The van der Waals surface area contributed by atoms with Gasteiger partial charge in [0.1, 0.15) is 0 Å². The molecule has 0 unspecified atom stereocenters. The molecule has 0 amide bonds. The smallest absolute Gasteiger partial charge is 0.229 e. The van der Waals surface area contributed by atoms with Crippen molar-refractivity contribution in [3.05, 3.63) is 59.7 Å². The number of thioether (sulfide) groups is 1. The Bertz CT molecular complexity index is 918. The van der Waals surface area contributed by atoms with Crippen LogP contribution in [0.5, 0.6) is 0 Å². The van der Waals surface area contributed by atoms with Gasteiger partial charge in [-0.15, -0.1) is 0 Å². The highest BCUT2D eigenvalue weighted by molar-refractivity contribution is 8.14. The first kappa shape index (κ1) is 17.5. The molecule has 8 heteroatoms. The van der Waals surface area contributed by atoms with Crippen molar-refractivity contribution in [2.24, 2.45) is 10.1 Å². The summed E-state index contributed by atoms with van der Waals surface area (Å²) in [4.78, 5) is 4.53. The average Bonchev–Trinajstić information content (AvgIpc) is 2.57. The molecule has 0 saturated carbocycles. The molecule has 130 valence electrons. The van der Waals surface area contributed by atoms with Crippen molar-refractivity contribution in [2.75, 3.05) is 16.7 Å². The van der Waals surface area contributed by atoms with E-state index in [1.54, 1.807) is 23.9 Å². The second kappa shape index (κ2) is 7.28. The number of anilines is 1. The fraction of sp³-hybridized carbons (Fsp3) is 0.176. The summed E-state index contributed by atoms with van der Waals surface area (Å²) in [6.45, 7) is 2.04. The van der Waals surface area contributed by atoms with Crippen LogP contribution >= 0.6 is 11.8 Å². The first-order valence-electron chi connectivity index (χ1n) is 7.58. The number of aryl methyl sites for hydroxylation is 1. The third kappa shape index (κ3) is 5.07. The van der Waals surface area contributed by atoms with Crippen molar-refractivity contribution in [2.45, 2.75) is 6.92 Å². The predicted octanol–water partition coefficient (Wildman–Crippen LogP) is 3.09. The predicted molar refractivity (Wildman–Crippen MR) is 105 cm³/mol. The molecule has 0 fully saturated rings. The SMILES string of the molecule is Cc1ccc(N=C2NN=C(c3ccc(NS(C)(=O)=O)cc3)CS2)cc1. The summed E-state index contributed by atoms with van der Waals surface area (Å²) in [5.41, 5.74) is 7.41. The summed E-state index contributed by atoms with van der Waals surface area (Å²) in [5.74, 6) is 0.691. The number of aliphatic imine (C=N–C) groups is 1. The normalized spacial score (nSPS) is 16.2. The molecular formula is C17H18N4O2S2. The molecule has 0 spiro atoms. The highest BCUT2D eigenvalue weighted by Gasteiger charge is 2.13. The van der Waals surface area contributed by atoms with Crippen LogP contribution in [0.2, 0.25) is 0 Å². The highest BCUT2D eigenvalue weighted by Crippen LogP contribution is 2.20. The summed E-state index contributed by atoms with van der Waals surface area (Å²) >= 11 is 1.58. The minimum Gasteiger partial charge on any atom is -0.284 e. The topological polar surface area (TPSA) is 82.9 Å². The zero-order valence-electron chi connectivity index (χ0n) is 13.9. The maximum Gasteiger partial charge on any atom is 0.229 e. The van der Waals surface area contributed by atoms with Crippen molar-refractivity contribution in [3.63, 3.8) is 0 Å². The van der Waals surface area contributed by atoms with E-state index < -0.39 is 10.0 Å². The van der Waals surface area contributed by atoms with Crippen molar-refractivity contribution in [3.8, 4) is 0 Å². The zero-order chi connectivity index (χ0) is 17.9. The van der Waals surface area contributed by atoms with Crippen LogP contribution in [0.4, 0.5) is 11.4 Å². The maximum absolute atomic E-state index is 11.2. The Balaban J connectivity index is 1.69. The molecule has 2 N–H and O–H groups in total. The number of hydrogen-bond donors (Lipinski definition) is 2. The minimum atomic E-state index is -3.27. The van der Waals surface area contributed by atoms with Gasteiger partial charge < -0.3 is 0 Å². The first-order chi connectivity index (χ1) is 11.9. The Kier molecular flexibility index (Phi) is 5.10. The van der Waals surface area contributed by atoms with Gasteiger partial charge in [0.05, 0.1) is 17.7 Å². The van der Waals surface area contributed by atoms with Crippen LogP contribution in [-0.2, 0) is 10.0 Å². The minimum absolute atomic E-state index is 0.532. The van der Waals surface area contributed by atoms with Crippen molar-refractivity contribution < 1.29 is 8.42 Å². The summed E-state index contributed by atoms with van der Waals surface area (Å²) in [5, 5.41) is 5.13. The van der Waals surface area contributed by atoms with Crippen LogP contribution in [0.15, 0.2) is 58.6 Å². The molecule has 0 atom stereocenters. The van der Waals surface area contributed by atoms with Crippen LogP contribution in [-0.4, -0.2) is 31.3 Å². The average molecular weight is 374 g/mol. The molecule has 2 aromatic carbocycles. The third-order valence-corrected chi connectivity index (χ3v) is 4.90. The summed E-state index contributed by atoms with van der Waals surface area (Å²) in [6, 6.07) is 15.1. The molecular weight excluding hydrogens is 356 g/mol. The van der Waals surface area contributed by atoms with Gasteiger partial charge in [0.2, 0.25) is 10.0 Å². The van der Waals surface area contributed by atoms with E-state index in [4.69, 9.17) is 0 Å².